The minimum absolute atomic E-state index is 0.320. The van der Waals surface area contributed by atoms with Gasteiger partial charge in [-0.05, 0) is 36.8 Å². The molecule has 1 saturated heterocycles. The highest BCUT2D eigenvalue weighted by molar-refractivity contribution is 7.90. The Hall–Kier alpha value is -2.85. The highest BCUT2D eigenvalue weighted by Crippen LogP contribution is 2.38. The van der Waals surface area contributed by atoms with Gasteiger partial charge in [0.2, 0.25) is 0 Å². The Morgan fingerprint density at radius 3 is 2.40 bits per heavy atom. The predicted octanol–water partition coefficient (Wildman–Crippen LogP) is 2.10. The topological polar surface area (TPSA) is 123 Å². The van der Waals surface area contributed by atoms with Crippen molar-refractivity contribution < 1.29 is 13.2 Å². The van der Waals surface area contributed by atoms with E-state index in [1.807, 2.05) is 18.2 Å². The summed E-state index contributed by atoms with van der Waals surface area (Å²) in [5, 5.41) is 0.780. The zero-order chi connectivity index (χ0) is 21.5. The van der Waals surface area contributed by atoms with E-state index in [2.05, 4.69) is 14.8 Å². The first kappa shape index (κ1) is 20.4. The minimum atomic E-state index is -3.21. The third-order valence-electron chi connectivity index (χ3n) is 5.30. The number of carbonyl (C=O) groups excluding carboxylic acids is 1. The maximum atomic E-state index is 11.7. The van der Waals surface area contributed by atoms with E-state index in [1.165, 1.54) is 17.6 Å². The summed E-state index contributed by atoms with van der Waals surface area (Å²) >= 11 is 1.22. The molecule has 1 aliphatic rings. The summed E-state index contributed by atoms with van der Waals surface area (Å²) in [5.74, 6) is -0.541. The number of aromatic nitrogens is 1. The molecule has 0 bridgehead atoms. The second-order valence-electron chi connectivity index (χ2n) is 7.31. The number of thiophene rings is 1. The fraction of sp³-hybridized carbons (Fsp3) is 0.300. The third kappa shape index (κ3) is 3.80. The molecule has 1 aromatic carbocycles. The summed E-state index contributed by atoms with van der Waals surface area (Å²) in [5.41, 5.74) is 14.0. The molecule has 0 atom stereocenters. The molecule has 1 fully saturated rings. The first-order valence-corrected chi connectivity index (χ1v) is 12.2. The monoisotopic (exact) mass is 445 g/mol. The van der Waals surface area contributed by atoms with Crippen molar-refractivity contribution in [1.29, 1.82) is 0 Å². The molecule has 3 heterocycles. The molecule has 4 N–H and O–H groups in total. The van der Waals surface area contributed by atoms with Crippen molar-refractivity contribution in [2.24, 2.45) is 5.73 Å². The fourth-order valence-electron chi connectivity index (χ4n) is 3.80. The van der Waals surface area contributed by atoms with Crippen LogP contribution in [-0.2, 0) is 9.84 Å². The Balaban J connectivity index is 1.59. The van der Waals surface area contributed by atoms with Gasteiger partial charge in [-0.1, -0.05) is 0 Å². The highest BCUT2D eigenvalue weighted by atomic mass is 32.2. The number of nitrogen functional groups attached to an aromatic ring is 1. The lowest BCUT2D eigenvalue weighted by atomic mass is 10.2. The van der Waals surface area contributed by atoms with E-state index >= 15 is 0 Å². The van der Waals surface area contributed by atoms with Crippen LogP contribution in [0.15, 0.2) is 41.4 Å². The molecule has 0 saturated carbocycles. The standard InChI is InChI=1S/C20H23N5O3S2/c1-30(27,28)14-5-3-13(4-6-14)24-9-2-10-25(12-11-24)15-7-8-23-20-16(15)17(21)18(29-20)19(22)26/h3-8H,2,9-12,21H2,1H3,(H2,22,26). The summed E-state index contributed by atoms with van der Waals surface area (Å²) in [7, 11) is -3.21. The molecule has 0 unspecified atom stereocenters. The zero-order valence-corrected chi connectivity index (χ0v) is 18.2. The summed E-state index contributed by atoms with van der Waals surface area (Å²) in [6.45, 7) is 3.22. The molecular weight excluding hydrogens is 422 g/mol. The van der Waals surface area contributed by atoms with Gasteiger partial charge in [-0.25, -0.2) is 13.4 Å². The van der Waals surface area contributed by atoms with Gasteiger partial charge in [-0.15, -0.1) is 11.3 Å². The van der Waals surface area contributed by atoms with Crippen LogP contribution in [0.2, 0.25) is 0 Å². The van der Waals surface area contributed by atoms with Crippen molar-refractivity contribution in [2.45, 2.75) is 11.3 Å². The van der Waals surface area contributed by atoms with E-state index in [-0.39, 0.29) is 0 Å². The van der Waals surface area contributed by atoms with Crippen LogP contribution in [0.25, 0.3) is 10.2 Å². The maximum absolute atomic E-state index is 11.7. The molecule has 158 valence electrons. The van der Waals surface area contributed by atoms with Crippen molar-refractivity contribution in [1.82, 2.24) is 4.98 Å². The lowest BCUT2D eigenvalue weighted by molar-refractivity contribution is 0.100. The van der Waals surface area contributed by atoms with E-state index in [9.17, 15) is 13.2 Å². The van der Waals surface area contributed by atoms with Gasteiger partial charge in [0.25, 0.3) is 5.91 Å². The minimum Gasteiger partial charge on any atom is -0.397 e. The van der Waals surface area contributed by atoms with Gasteiger partial charge >= 0.3 is 0 Å². The molecule has 4 rings (SSSR count). The zero-order valence-electron chi connectivity index (χ0n) is 16.5. The van der Waals surface area contributed by atoms with Crippen molar-refractivity contribution in [2.75, 3.05) is 48.0 Å². The van der Waals surface area contributed by atoms with Crippen LogP contribution in [0, 0.1) is 0 Å². The molecule has 8 nitrogen and oxygen atoms in total. The number of sulfone groups is 1. The van der Waals surface area contributed by atoms with Gasteiger partial charge in [0.05, 0.1) is 21.7 Å². The number of benzene rings is 1. The Morgan fingerprint density at radius 1 is 1.07 bits per heavy atom. The van der Waals surface area contributed by atoms with E-state index < -0.39 is 15.7 Å². The fourth-order valence-corrected chi connectivity index (χ4v) is 5.36. The lowest BCUT2D eigenvalue weighted by Gasteiger charge is -2.25. The molecule has 1 amide bonds. The van der Waals surface area contributed by atoms with Crippen molar-refractivity contribution >= 4 is 54.4 Å². The number of nitrogens with two attached hydrogens (primary N) is 2. The molecule has 10 heteroatoms. The van der Waals surface area contributed by atoms with Crippen molar-refractivity contribution in [3.63, 3.8) is 0 Å². The van der Waals surface area contributed by atoms with Crippen LogP contribution >= 0.6 is 11.3 Å². The van der Waals surface area contributed by atoms with Gasteiger partial charge in [0, 0.05) is 44.3 Å². The first-order valence-electron chi connectivity index (χ1n) is 9.52. The Bertz CT molecular complexity index is 1210. The molecule has 3 aromatic rings. The molecular formula is C20H23N5O3S2. The van der Waals surface area contributed by atoms with Gasteiger partial charge in [-0.3, -0.25) is 4.79 Å². The molecule has 1 aliphatic heterocycles. The second kappa shape index (κ2) is 7.77. The van der Waals surface area contributed by atoms with Gasteiger partial charge in [0.15, 0.2) is 9.84 Å². The number of anilines is 3. The summed E-state index contributed by atoms with van der Waals surface area (Å²) in [4.78, 5) is 21.9. The van der Waals surface area contributed by atoms with Crippen molar-refractivity contribution in [3.05, 3.63) is 41.4 Å². The number of carbonyl (C=O) groups is 1. The normalized spacial score (nSPS) is 15.4. The van der Waals surface area contributed by atoms with Crippen LogP contribution in [0.4, 0.5) is 17.1 Å². The Morgan fingerprint density at radius 2 is 1.73 bits per heavy atom. The molecule has 0 spiro atoms. The third-order valence-corrected chi connectivity index (χ3v) is 7.55. The largest absolute Gasteiger partial charge is 0.397 e. The van der Waals surface area contributed by atoms with E-state index in [0.29, 0.717) is 20.3 Å². The number of nitrogens with zero attached hydrogens (tertiary/aromatic N) is 3. The average molecular weight is 446 g/mol. The summed E-state index contributed by atoms with van der Waals surface area (Å²) < 4.78 is 23.4. The Kier molecular flexibility index (Phi) is 5.29. The number of amides is 1. The van der Waals surface area contributed by atoms with E-state index in [4.69, 9.17) is 11.5 Å². The molecule has 30 heavy (non-hydrogen) atoms. The van der Waals surface area contributed by atoms with E-state index in [0.717, 1.165) is 49.4 Å². The van der Waals surface area contributed by atoms with Gasteiger partial charge < -0.3 is 21.3 Å². The lowest BCUT2D eigenvalue weighted by Crippen LogP contribution is -2.30. The van der Waals surface area contributed by atoms with Gasteiger partial charge in [0.1, 0.15) is 9.71 Å². The summed E-state index contributed by atoms with van der Waals surface area (Å²) in [6.07, 6.45) is 3.86. The van der Waals surface area contributed by atoms with Crippen LogP contribution in [0.5, 0.6) is 0 Å². The van der Waals surface area contributed by atoms with Crippen LogP contribution < -0.4 is 21.3 Å². The number of hydrogen-bond acceptors (Lipinski definition) is 8. The average Bonchev–Trinajstić information content (AvgIpc) is 2.89. The number of fused-ring (bicyclic) bond motifs is 1. The second-order valence-corrected chi connectivity index (χ2v) is 10.3. The quantitative estimate of drug-likeness (QED) is 0.630. The number of pyridine rings is 1. The predicted molar refractivity (Wildman–Crippen MR) is 121 cm³/mol. The summed E-state index contributed by atoms with van der Waals surface area (Å²) in [6, 6.07) is 8.93. The first-order chi connectivity index (χ1) is 14.3. The van der Waals surface area contributed by atoms with Gasteiger partial charge in [-0.2, -0.15) is 0 Å². The van der Waals surface area contributed by atoms with Crippen LogP contribution in [0.3, 0.4) is 0 Å². The Labute approximate surface area is 179 Å². The van der Waals surface area contributed by atoms with Crippen LogP contribution in [-0.4, -0.2) is 51.7 Å². The molecule has 0 aliphatic carbocycles. The smallest absolute Gasteiger partial charge is 0.260 e. The number of hydrogen-bond donors (Lipinski definition) is 2. The maximum Gasteiger partial charge on any atom is 0.260 e. The number of rotatable bonds is 4. The number of primary amides is 1. The SMILES string of the molecule is CS(=O)(=O)c1ccc(N2CCCN(c3ccnc4sc(C(N)=O)c(N)c34)CC2)cc1. The molecule has 0 radical (unpaired) electrons. The van der Waals surface area contributed by atoms with E-state index in [1.54, 1.807) is 18.3 Å². The van der Waals surface area contributed by atoms with Crippen LogP contribution in [0.1, 0.15) is 16.1 Å². The molecule has 2 aromatic heterocycles. The highest BCUT2D eigenvalue weighted by Gasteiger charge is 2.22. The van der Waals surface area contributed by atoms with Crippen molar-refractivity contribution in [3.8, 4) is 0 Å².